The zero-order valence-electron chi connectivity index (χ0n) is 16.2. The summed E-state index contributed by atoms with van der Waals surface area (Å²) in [5.74, 6) is 1.76. The molecule has 7 nitrogen and oxygen atoms in total. The molecule has 7 heteroatoms. The van der Waals surface area contributed by atoms with Crippen molar-refractivity contribution >= 4 is 5.91 Å². The van der Waals surface area contributed by atoms with E-state index in [1.54, 1.807) is 12.4 Å². The van der Waals surface area contributed by atoms with Gasteiger partial charge in [0.15, 0.2) is 6.61 Å². The summed E-state index contributed by atoms with van der Waals surface area (Å²) >= 11 is 0. The molecule has 1 saturated heterocycles. The fourth-order valence-corrected chi connectivity index (χ4v) is 3.42. The summed E-state index contributed by atoms with van der Waals surface area (Å²) in [6, 6.07) is 15.1. The minimum Gasteiger partial charge on any atom is -0.492 e. The zero-order chi connectivity index (χ0) is 19.9. The summed E-state index contributed by atoms with van der Waals surface area (Å²) in [5.41, 5.74) is 1.69. The Morgan fingerprint density at radius 3 is 2.76 bits per heavy atom. The Kier molecular flexibility index (Phi) is 6.04. The standard InChI is InChI=1S/C22H24N4O3/c27-22(16-29-18-6-2-1-3-7-18)26-12-4-5-17(14-26)15-28-19-8-9-20(23-13-19)21-10-11-24-25-21/h1-3,6-11,13,17H,4-5,12,14-16H2,(H,24,25)/t17-/m1/s1. The van der Waals surface area contributed by atoms with E-state index in [9.17, 15) is 4.79 Å². The molecule has 3 aromatic rings. The van der Waals surface area contributed by atoms with Gasteiger partial charge < -0.3 is 14.4 Å². The normalized spacial score (nSPS) is 16.4. The summed E-state index contributed by atoms with van der Waals surface area (Å²) < 4.78 is 11.5. The first kappa shape index (κ1) is 19.0. The van der Waals surface area contributed by atoms with Crippen molar-refractivity contribution in [2.24, 2.45) is 5.92 Å². The van der Waals surface area contributed by atoms with E-state index in [0.29, 0.717) is 24.8 Å². The summed E-state index contributed by atoms with van der Waals surface area (Å²) in [4.78, 5) is 18.8. The monoisotopic (exact) mass is 392 g/mol. The number of ether oxygens (including phenoxy) is 2. The lowest BCUT2D eigenvalue weighted by Crippen LogP contribution is -2.43. The molecule has 0 bridgehead atoms. The average Bonchev–Trinajstić information content (AvgIpc) is 3.32. The molecule has 1 fully saturated rings. The summed E-state index contributed by atoms with van der Waals surface area (Å²) in [6.07, 6.45) is 5.43. The molecule has 0 spiro atoms. The summed E-state index contributed by atoms with van der Waals surface area (Å²) in [6.45, 7) is 2.09. The first-order valence-electron chi connectivity index (χ1n) is 9.82. The molecule has 3 heterocycles. The summed E-state index contributed by atoms with van der Waals surface area (Å²) in [5, 5.41) is 6.82. The van der Waals surface area contributed by atoms with Gasteiger partial charge in [-0.2, -0.15) is 5.10 Å². The van der Waals surface area contributed by atoms with Crippen molar-refractivity contribution in [3.8, 4) is 22.9 Å². The molecule has 29 heavy (non-hydrogen) atoms. The van der Waals surface area contributed by atoms with Crippen LogP contribution in [0.2, 0.25) is 0 Å². The third-order valence-electron chi connectivity index (χ3n) is 4.98. The Hall–Kier alpha value is -3.35. The largest absolute Gasteiger partial charge is 0.492 e. The molecule has 0 saturated carbocycles. The number of rotatable bonds is 7. The van der Waals surface area contributed by atoms with Crippen LogP contribution in [0, 0.1) is 5.92 Å². The highest BCUT2D eigenvalue weighted by Crippen LogP contribution is 2.21. The SMILES string of the molecule is O=C(COc1ccccc1)N1CCC[C@@H](COc2ccc(-c3ccn[nH]3)nc2)C1. The Labute approximate surface area is 169 Å². The Morgan fingerprint density at radius 1 is 1.10 bits per heavy atom. The van der Waals surface area contributed by atoms with Gasteiger partial charge in [-0.3, -0.25) is 14.9 Å². The van der Waals surface area contributed by atoms with Crippen LogP contribution < -0.4 is 9.47 Å². The van der Waals surface area contributed by atoms with Crippen molar-refractivity contribution in [1.82, 2.24) is 20.1 Å². The van der Waals surface area contributed by atoms with Crippen molar-refractivity contribution in [2.75, 3.05) is 26.3 Å². The van der Waals surface area contributed by atoms with E-state index in [4.69, 9.17) is 9.47 Å². The molecular weight excluding hydrogens is 368 g/mol. The first-order chi connectivity index (χ1) is 14.3. The molecule has 1 amide bonds. The number of nitrogens with zero attached hydrogens (tertiary/aromatic N) is 3. The molecule has 1 aliphatic heterocycles. The number of aromatic amines is 1. The predicted molar refractivity (Wildman–Crippen MR) is 109 cm³/mol. The van der Waals surface area contributed by atoms with Crippen molar-refractivity contribution in [2.45, 2.75) is 12.8 Å². The molecule has 1 atom stereocenters. The lowest BCUT2D eigenvalue weighted by Gasteiger charge is -2.32. The van der Waals surface area contributed by atoms with Gasteiger partial charge in [0.05, 0.1) is 24.2 Å². The van der Waals surface area contributed by atoms with E-state index >= 15 is 0 Å². The molecule has 4 rings (SSSR count). The Balaban J connectivity index is 1.25. The number of hydrogen-bond donors (Lipinski definition) is 1. The van der Waals surface area contributed by atoms with Crippen LogP contribution in [0.3, 0.4) is 0 Å². The third-order valence-corrected chi connectivity index (χ3v) is 4.98. The van der Waals surface area contributed by atoms with Gasteiger partial charge in [-0.15, -0.1) is 0 Å². The Bertz CT molecular complexity index is 898. The number of aromatic nitrogens is 3. The van der Waals surface area contributed by atoms with E-state index in [1.807, 2.05) is 53.4 Å². The maximum absolute atomic E-state index is 12.5. The van der Waals surface area contributed by atoms with E-state index in [0.717, 1.165) is 36.5 Å². The highest BCUT2D eigenvalue weighted by atomic mass is 16.5. The number of pyridine rings is 1. The van der Waals surface area contributed by atoms with Gasteiger partial charge in [-0.25, -0.2) is 0 Å². The summed E-state index contributed by atoms with van der Waals surface area (Å²) in [7, 11) is 0. The lowest BCUT2D eigenvalue weighted by molar-refractivity contribution is -0.135. The quantitative estimate of drug-likeness (QED) is 0.668. The van der Waals surface area contributed by atoms with Crippen molar-refractivity contribution in [3.05, 3.63) is 60.9 Å². The van der Waals surface area contributed by atoms with Crippen LogP contribution in [0.25, 0.3) is 11.4 Å². The number of likely N-dealkylation sites (tertiary alicyclic amines) is 1. The van der Waals surface area contributed by atoms with Gasteiger partial charge in [0.2, 0.25) is 0 Å². The van der Waals surface area contributed by atoms with Crippen LogP contribution in [0.4, 0.5) is 0 Å². The van der Waals surface area contributed by atoms with E-state index in [2.05, 4.69) is 15.2 Å². The van der Waals surface area contributed by atoms with Crippen LogP contribution in [0.15, 0.2) is 60.9 Å². The molecule has 1 aliphatic rings. The smallest absolute Gasteiger partial charge is 0.260 e. The molecule has 2 aromatic heterocycles. The van der Waals surface area contributed by atoms with Gasteiger partial charge in [-0.1, -0.05) is 18.2 Å². The second-order valence-electron chi connectivity index (χ2n) is 7.11. The Morgan fingerprint density at radius 2 is 2.00 bits per heavy atom. The van der Waals surface area contributed by atoms with Crippen molar-refractivity contribution < 1.29 is 14.3 Å². The van der Waals surface area contributed by atoms with Gasteiger partial charge in [0, 0.05) is 25.2 Å². The molecule has 0 radical (unpaired) electrons. The zero-order valence-corrected chi connectivity index (χ0v) is 16.2. The number of amides is 1. The average molecular weight is 392 g/mol. The van der Waals surface area contributed by atoms with Crippen LogP contribution in [0.5, 0.6) is 11.5 Å². The topological polar surface area (TPSA) is 80.3 Å². The fraction of sp³-hybridized carbons (Fsp3) is 0.318. The number of para-hydroxylation sites is 1. The molecule has 1 aromatic carbocycles. The maximum atomic E-state index is 12.5. The van der Waals surface area contributed by atoms with E-state index in [-0.39, 0.29) is 12.5 Å². The second-order valence-corrected chi connectivity index (χ2v) is 7.11. The van der Waals surface area contributed by atoms with Gasteiger partial charge >= 0.3 is 0 Å². The number of nitrogens with one attached hydrogen (secondary N) is 1. The highest BCUT2D eigenvalue weighted by Gasteiger charge is 2.24. The predicted octanol–water partition coefficient (Wildman–Crippen LogP) is 3.17. The fourth-order valence-electron chi connectivity index (χ4n) is 3.42. The number of H-pyrrole nitrogens is 1. The lowest BCUT2D eigenvalue weighted by atomic mass is 9.99. The first-order valence-corrected chi connectivity index (χ1v) is 9.82. The molecule has 1 N–H and O–H groups in total. The number of piperidine rings is 1. The van der Waals surface area contributed by atoms with E-state index < -0.39 is 0 Å². The number of benzene rings is 1. The molecule has 150 valence electrons. The van der Waals surface area contributed by atoms with Crippen LogP contribution >= 0.6 is 0 Å². The van der Waals surface area contributed by atoms with Crippen molar-refractivity contribution in [1.29, 1.82) is 0 Å². The minimum absolute atomic E-state index is 0.0177. The van der Waals surface area contributed by atoms with Gasteiger partial charge in [0.25, 0.3) is 5.91 Å². The molecule has 0 unspecified atom stereocenters. The number of carbonyl (C=O) groups is 1. The van der Waals surface area contributed by atoms with Crippen LogP contribution in [-0.4, -0.2) is 52.3 Å². The molecular formula is C22H24N4O3. The van der Waals surface area contributed by atoms with Gasteiger partial charge in [0.1, 0.15) is 11.5 Å². The third kappa shape index (κ3) is 5.13. The van der Waals surface area contributed by atoms with Crippen LogP contribution in [0.1, 0.15) is 12.8 Å². The van der Waals surface area contributed by atoms with Crippen LogP contribution in [-0.2, 0) is 4.79 Å². The van der Waals surface area contributed by atoms with Crippen molar-refractivity contribution in [3.63, 3.8) is 0 Å². The number of hydrogen-bond acceptors (Lipinski definition) is 5. The van der Waals surface area contributed by atoms with E-state index in [1.165, 1.54) is 0 Å². The minimum atomic E-state index is 0.0177. The second kappa shape index (κ2) is 9.23. The van der Waals surface area contributed by atoms with Gasteiger partial charge in [-0.05, 0) is 43.2 Å². The number of carbonyl (C=O) groups excluding carboxylic acids is 1. The highest BCUT2D eigenvalue weighted by molar-refractivity contribution is 5.77. The molecule has 0 aliphatic carbocycles. The maximum Gasteiger partial charge on any atom is 0.260 e.